The fourth-order valence-electron chi connectivity index (χ4n) is 5.50. The minimum Gasteiger partial charge on any atom is -0.385 e. The van der Waals surface area contributed by atoms with E-state index in [0.29, 0.717) is 38.0 Å². The van der Waals surface area contributed by atoms with Crippen molar-refractivity contribution in [3.63, 3.8) is 0 Å². The second kappa shape index (κ2) is 12.7. The van der Waals surface area contributed by atoms with Gasteiger partial charge in [0.25, 0.3) is 0 Å². The number of fused-ring (bicyclic) bond motifs is 1. The van der Waals surface area contributed by atoms with E-state index >= 15 is 0 Å². The molecule has 1 aromatic carbocycles. The van der Waals surface area contributed by atoms with Gasteiger partial charge >= 0.3 is 0 Å². The molecule has 2 atom stereocenters. The molecule has 2 aliphatic rings. The zero-order valence-corrected chi connectivity index (χ0v) is 22.3. The van der Waals surface area contributed by atoms with Gasteiger partial charge in [-0.2, -0.15) is 0 Å². The van der Waals surface area contributed by atoms with E-state index in [9.17, 15) is 9.59 Å². The van der Waals surface area contributed by atoms with Gasteiger partial charge in [0, 0.05) is 69.6 Å². The van der Waals surface area contributed by atoms with Gasteiger partial charge in [-0.1, -0.05) is 44.9 Å². The van der Waals surface area contributed by atoms with Crippen molar-refractivity contribution in [2.75, 3.05) is 33.4 Å². The number of carbonyl (C=O) groups excluding carboxylic acids is 2. The van der Waals surface area contributed by atoms with Crippen LogP contribution in [0, 0.1) is 17.8 Å². The van der Waals surface area contributed by atoms with Crippen molar-refractivity contribution < 1.29 is 14.3 Å². The van der Waals surface area contributed by atoms with Crippen molar-refractivity contribution in [2.45, 2.75) is 71.5 Å². The van der Waals surface area contributed by atoms with Crippen LogP contribution in [0.5, 0.6) is 0 Å². The van der Waals surface area contributed by atoms with Crippen molar-refractivity contribution in [3.8, 4) is 0 Å². The van der Waals surface area contributed by atoms with E-state index in [1.54, 1.807) is 7.11 Å². The predicted molar refractivity (Wildman–Crippen MR) is 144 cm³/mol. The zero-order valence-electron chi connectivity index (χ0n) is 22.3. The summed E-state index contributed by atoms with van der Waals surface area (Å²) >= 11 is 0. The molecule has 0 unspecified atom stereocenters. The quantitative estimate of drug-likeness (QED) is 0.412. The first-order chi connectivity index (χ1) is 17.5. The normalized spacial score (nSPS) is 20.1. The molecule has 0 bridgehead atoms. The number of para-hydroxylation sites is 1. The molecule has 2 aromatic rings. The highest BCUT2D eigenvalue weighted by Crippen LogP contribution is 2.33. The van der Waals surface area contributed by atoms with Gasteiger partial charge in [0.1, 0.15) is 0 Å². The number of hydrogen-bond acceptors (Lipinski definition) is 4. The number of methoxy groups -OCH3 is 1. The van der Waals surface area contributed by atoms with Crippen LogP contribution in [0.1, 0.15) is 57.9 Å². The van der Waals surface area contributed by atoms with Crippen LogP contribution < -0.4 is 10.6 Å². The van der Waals surface area contributed by atoms with Crippen LogP contribution in [-0.2, 0) is 27.4 Å². The molecule has 0 spiro atoms. The number of ether oxygens (including phenoxy) is 1. The van der Waals surface area contributed by atoms with Crippen LogP contribution >= 0.6 is 0 Å². The van der Waals surface area contributed by atoms with Crippen LogP contribution in [0.4, 0.5) is 0 Å². The predicted octanol–water partition coefficient (Wildman–Crippen LogP) is 3.95. The summed E-state index contributed by atoms with van der Waals surface area (Å²) < 4.78 is 7.54. The molecule has 2 heterocycles. The fraction of sp³-hybridized carbons (Fsp3) is 0.655. The minimum absolute atomic E-state index is 0.0870. The maximum Gasteiger partial charge on any atom is 0.227 e. The fourth-order valence-corrected chi connectivity index (χ4v) is 5.50. The second-order valence-corrected chi connectivity index (χ2v) is 10.6. The lowest BCUT2D eigenvalue weighted by molar-refractivity contribution is -0.138. The van der Waals surface area contributed by atoms with Crippen LogP contribution in [-0.4, -0.2) is 60.7 Å². The maximum atomic E-state index is 13.8. The third kappa shape index (κ3) is 6.48. The van der Waals surface area contributed by atoms with Crippen molar-refractivity contribution >= 4 is 22.7 Å². The number of benzene rings is 1. The standard InChI is InChI=1S/C29H44N4O3/c1-4-21(5-2)16-31-28(34)22-15-23(18-30-17-22)29(35)33(25-11-12-25)20-24-19-32(13-8-14-36-3)27-10-7-6-9-26(24)27/h6-7,9-10,19,21-23,25,30H,4-5,8,11-18,20H2,1-3H3,(H,31,34)/t22-,23+/m0/s1. The molecule has 36 heavy (non-hydrogen) atoms. The molecular formula is C29H44N4O3. The number of piperidine rings is 1. The van der Waals surface area contributed by atoms with E-state index in [1.165, 1.54) is 16.5 Å². The molecule has 2 fully saturated rings. The highest BCUT2D eigenvalue weighted by atomic mass is 16.5. The molecule has 1 aliphatic heterocycles. The maximum absolute atomic E-state index is 13.8. The van der Waals surface area contributed by atoms with E-state index in [2.05, 4.69) is 64.4 Å². The Bertz CT molecular complexity index is 1010. The van der Waals surface area contributed by atoms with Gasteiger partial charge in [0.15, 0.2) is 0 Å². The highest BCUT2D eigenvalue weighted by Gasteiger charge is 2.39. The molecule has 1 aliphatic carbocycles. The number of hydrogen-bond donors (Lipinski definition) is 2. The molecule has 7 nitrogen and oxygen atoms in total. The van der Waals surface area contributed by atoms with E-state index in [4.69, 9.17) is 4.74 Å². The number of amides is 2. The van der Waals surface area contributed by atoms with Crippen molar-refractivity contribution in [2.24, 2.45) is 17.8 Å². The first-order valence-corrected chi connectivity index (χ1v) is 13.9. The Hall–Kier alpha value is -2.38. The van der Waals surface area contributed by atoms with Crippen molar-refractivity contribution in [1.29, 1.82) is 0 Å². The first-order valence-electron chi connectivity index (χ1n) is 13.9. The van der Waals surface area contributed by atoms with Gasteiger partial charge in [0.2, 0.25) is 11.8 Å². The number of aromatic nitrogens is 1. The Balaban J connectivity index is 1.44. The van der Waals surface area contributed by atoms with Gasteiger partial charge in [-0.3, -0.25) is 9.59 Å². The Morgan fingerprint density at radius 2 is 1.92 bits per heavy atom. The summed E-state index contributed by atoms with van der Waals surface area (Å²) in [6, 6.07) is 8.78. The van der Waals surface area contributed by atoms with E-state index < -0.39 is 0 Å². The molecule has 1 aromatic heterocycles. The van der Waals surface area contributed by atoms with Gasteiger partial charge in [-0.25, -0.2) is 0 Å². The molecule has 1 saturated heterocycles. The van der Waals surface area contributed by atoms with Crippen molar-refractivity contribution in [3.05, 3.63) is 36.0 Å². The summed E-state index contributed by atoms with van der Waals surface area (Å²) in [5, 5.41) is 7.74. The summed E-state index contributed by atoms with van der Waals surface area (Å²) in [7, 11) is 1.74. The van der Waals surface area contributed by atoms with E-state index in [-0.39, 0.29) is 23.7 Å². The Kier molecular flexibility index (Phi) is 9.43. The topological polar surface area (TPSA) is 75.6 Å². The van der Waals surface area contributed by atoms with Crippen LogP contribution in [0.3, 0.4) is 0 Å². The van der Waals surface area contributed by atoms with Crippen molar-refractivity contribution in [1.82, 2.24) is 20.1 Å². The summed E-state index contributed by atoms with van der Waals surface area (Å²) in [4.78, 5) is 28.8. The number of nitrogens with zero attached hydrogens (tertiary/aromatic N) is 2. The molecule has 0 radical (unpaired) electrons. The van der Waals surface area contributed by atoms with Gasteiger partial charge in [-0.05, 0) is 43.2 Å². The third-order valence-electron chi connectivity index (χ3n) is 8.02. The summed E-state index contributed by atoms with van der Waals surface area (Å²) in [5.74, 6) is 0.497. The lowest BCUT2D eigenvalue weighted by atomic mass is 9.88. The van der Waals surface area contributed by atoms with E-state index in [0.717, 1.165) is 51.8 Å². The summed E-state index contributed by atoms with van der Waals surface area (Å²) in [5.41, 5.74) is 2.41. The molecule has 2 amide bonds. The lowest BCUT2D eigenvalue weighted by Gasteiger charge is -2.33. The second-order valence-electron chi connectivity index (χ2n) is 10.6. The highest BCUT2D eigenvalue weighted by molar-refractivity contribution is 5.86. The Morgan fingerprint density at radius 3 is 2.64 bits per heavy atom. The zero-order chi connectivity index (χ0) is 25.5. The van der Waals surface area contributed by atoms with Gasteiger partial charge in [-0.15, -0.1) is 0 Å². The smallest absolute Gasteiger partial charge is 0.227 e. The summed E-state index contributed by atoms with van der Waals surface area (Å²) in [6.45, 7) is 8.61. The average molecular weight is 497 g/mol. The van der Waals surface area contributed by atoms with E-state index in [1.807, 2.05) is 0 Å². The molecule has 7 heteroatoms. The third-order valence-corrected chi connectivity index (χ3v) is 8.02. The summed E-state index contributed by atoms with van der Waals surface area (Å²) in [6.07, 6.45) is 8.07. The molecule has 198 valence electrons. The number of rotatable bonds is 13. The Morgan fingerprint density at radius 1 is 1.17 bits per heavy atom. The lowest BCUT2D eigenvalue weighted by Crippen LogP contribution is -2.50. The Labute approximate surface area is 215 Å². The van der Waals surface area contributed by atoms with Crippen LogP contribution in [0.2, 0.25) is 0 Å². The van der Waals surface area contributed by atoms with Crippen LogP contribution in [0.25, 0.3) is 10.9 Å². The first kappa shape index (κ1) is 26.7. The van der Waals surface area contributed by atoms with Crippen LogP contribution in [0.15, 0.2) is 30.5 Å². The number of carbonyl (C=O) groups is 2. The monoisotopic (exact) mass is 496 g/mol. The molecule has 1 saturated carbocycles. The number of aryl methyl sites for hydroxylation is 1. The van der Waals surface area contributed by atoms with Gasteiger partial charge < -0.3 is 24.8 Å². The minimum atomic E-state index is -0.154. The number of nitrogens with one attached hydrogen (secondary N) is 2. The molecular weight excluding hydrogens is 452 g/mol. The average Bonchev–Trinajstić information content (AvgIpc) is 3.70. The van der Waals surface area contributed by atoms with Gasteiger partial charge in [0.05, 0.1) is 11.8 Å². The molecule has 4 rings (SSSR count). The largest absolute Gasteiger partial charge is 0.385 e. The SMILES string of the molecule is CCC(CC)CNC(=O)[C@@H]1CNC[C@H](C(=O)N(Cc2cn(CCCOC)c3ccccc23)C2CC2)C1. The molecule has 2 N–H and O–H groups in total.